The molecular formula is C19H27FN2O3. The first-order chi connectivity index (χ1) is 11.9. The molecular weight excluding hydrogens is 323 g/mol. The van der Waals surface area contributed by atoms with Crippen molar-refractivity contribution in [1.29, 1.82) is 0 Å². The molecule has 0 radical (unpaired) electrons. The number of carbonyl (C=O) groups excluding carboxylic acids is 1. The van der Waals surface area contributed by atoms with Crippen LogP contribution in [0.25, 0.3) is 0 Å². The first-order valence-electron chi connectivity index (χ1n) is 8.97. The lowest BCUT2D eigenvalue weighted by atomic mass is 9.90. The van der Waals surface area contributed by atoms with Gasteiger partial charge in [-0.1, -0.05) is 6.42 Å². The molecule has 1 aromatic rings. The van der Waals surface area contributed by atoms with Crippen LogP contribution in [0.2, 0.25) is 0 Å². The Hall–Kier alpha value is -1.66. The van der Waals surface area contributed by atoms with Gasteiger partial charge in [0.15, 0.2) is 0 Å². The van der Waals surface area contributed by atoms with E-state index in [2.05, 4.69) is 4.90 Å². The number of β-amino-alcohol motifs (C(OH)–C–C–N with tert-alkyl or cyclic N) is 1. The molecule has 1 aliphatic carbocycles. The Bertz CT molecular complexity index is 635. The number of halogens is 1. The molecule has 1 saturated carbocycles. The van der Waals surface area contributed by atoms with Gasteiger partial charge in [-0.2, -0.15) is 0 Å². The molecule has 1 atom stereocenters. The number of ether oxygens (including phenoxy) is 1. The van der Waals surface area contributed by atoms with Crippen LogP contribution in [-0.2, 0) is 4.79 Å². The quantitative estimate of drug-likeness (QED) is 0.902. The zero-order valence-electron chi connectivity index (χ0n) is 15.0. The fourth-order valence-electron chi connectivity index (χ4n) is 3.54. The zero-order valence-corrected chi connectivity index (χ0v) is 15.0. The number of amides is 1. The molecule has 1 amide bonds. The third-order valence-corrected chi connectivity index (χ3v) is 5.31. The van der Waals surface area contributed by atoms with Crippen molar-refractivity contribution in [3.05, 3.63) is 29.6 Å². The summed E-state index contributed by atoms with van der Waals surface area (Å²) in [5, 5.41) is 11.2. The van der Waals surface area contributed by atoms with Crippen LogP contribution in [0.3, 0.4) is 0 Å². The predicted octanol–water partition coefficient (Wildman–Crippen LogP) is 1.96. The lowest BCUT2D eigenvalue weighted by Crippen LogP contribution is -2.54. The summed E-state index contributed by atoms with van der Waals surface area (Å²) in [5.74, 6) is 0.215. The van der Waals surface area contributed by atoms with Crippen molar-refractivity contribution >= 4 is 5.91 Å². The highest BCUT2D eigenvalue weighted by molar-refractivity contribution is 5.73. The maximum atomic E-state index is 13.4. The van der Waals surface area contributed by atoms with Crippen molar-refractivity contribution in [3.63, 3.8) is 0 Å². The standard InChI is InChI=1S/C19H27FN2O3/c1-14-10-17(6-7-18(14)20)25-13-19(24)11-21(15(2)23)8-9-22(12-19)16-4-3-5-16/h6-7,10,16,24H,3-5,8-9,11-13H2,1-2H3/t19-/m0/s1. The average Bonchev–Trinajstić information content (AvgIpc) is 2.67. The van der Waals surface area contributed by atoms with Gasteiger partial charge in [0.25, 0.3) is 0 Å². The lowest BCUT2D eigenvalue weighted by Gasteiger charge is -2.40. The Morgan fingerprint density at radius 2 is 2.12 bits per heavy atom. The van der Waals surface area contributed by atoms with Gasteiger partial charge in [0.05, 0.1) is 6.54 Å². The summed E-state index contributed by atoms with van der Waals surface area (Å²) in [6, 6.07) is 5.05. The van der Waals surface area contributed by atoms with Crippen LogP contribution >= 0.6 is 0 Å². The van der Waals surface area contributed by atoms with Crippen LogP contribution in [0.4, 0.5) is 4.39 Å². The van der Waals surface area contributed by atoms with Crippen molar-refractivity contribution in [3.8, 4) is 5.75 Å². The second-order valence-corrected chi connectivity index (χ2v) is 7.42. The fraction of sp³-hybridized carbons (Fsp3) is 0.632. The van der Waals surface area contributed by atoms with Crippen molar-refractivity contribution in [1.82, 2.24) is 9.80 Å². The minimum absolute atomic E-state index is 0.0356. The molecule has 2 fully saturated rings. The Morgan fingerprint density at radius 3 is 2.72 bits per heavy atom. The molecule has 0 aromatic heterocycles. The van der Waals surface area contributed by atoms with E-state index in [9.17, 15) is 14.3 Å². The second kappa shape index (κ2) is 7.30. The molecule has 1 saturated heterocycles. The van der Waals surface area contributed by atoms with Crippen molar-refractivity contribution in [2.24, 2.45) is 0 Å². The number of hydrogen-bond acceptors (Lipinski definition) is 4. The number of carbonyl (C=O) groups is 1. The van der Waals surface area contributed by atoms with Crippen LogP contribution < -0.4 is 4.74 Å². The first kappa shape index (κ1) is 18.1. The molecule has 138 valence electrons. The summed E-state index contributed by atoms with van der Waals surface area (Å²) < 4.78 is 19.2. The molecule has 0 bridgehead atoms. The number of rotatable bonds is 4. The predicted molar refractivity (Wildman–Crippen MR) is 93.0 cm³/mol. The third-order valence-electron chi connectivity index (χ3n) is 5.31. The summed E-state index contributed by atoms with van der Waals surface area (Å²) in [6.45, 7) is 5.44. The molecule has 3 rings (SSSR count). The van der Waals surface area contributed by atoms with Gasteiger partial charge in [0.1, 0.15) is 23.8 Å². The molecule has 1 N–H and O–H groups in total. The Balaban J connectivity index is 1.71. The Labute approximate surface area is 148 Å². The molecule has 1 aliphatic heterocycles. The van der Waals surface area contributed by atoms with Crippen LogP contribution in [-0.4, -0.2) is 65.2 Å². The van der Waals surface area contributed by atoms with Crippen LogP contribution in [0.15, 0.2) is 18.2 Å². The van der Waals surface area contributed by atoms with Gasteiger partial charge in [-0.15, -0.1) is 0 Å². The van der Waals surface area contributed by atoms with E-state index in [1.807, 2.05) is 0 Å². The molecule has 1 heterocycles. The normalized spacial score (nSPS) is 25.4. The van der Waals surface area contributed by atoms with Gasteiger partial charge in [-0.05, 0) is 43.5 Å². The summed E-state index contributed by atoms with van der Waals surface area (Å²) in [7, 11) is 0. The van der Waals surface area contributed by atoms with Crippen molar-refractivity contribution < 1.29 is 19.0 Å². The number of hydrogen-bond donors (Lipinski definition) is 1. The highest BCUT2D eigenvalue weighted by Gasteiger charge is 2.39. The lowest BCUT2D eigenvalue weighted by molar-refractivity contribution is -0.132. The molecule has 0 spiro atoms. The van der Waals surface area contributed by atoms with E-state index in [4.69, 9.17) is 4.74 Å². The smallest absolute Gasteiger partial charge is 0.219 e. The first-order valence-corrected chi connectivity index (χ1v) is 8.97. The minimum Gasteiger partial charge on any atom is -0.490 e. The molecule has 2 aliphatic rings. The van der Waals surface area contributed by atoms with E-state index in [-0.39, 0.29) is 24.9 Å². The van der Waals surface area contributed by atoms with E-state index in [1.165, 1.54) is 19.4 Å². The minimum atomic E-state index is -1.14. The summed E-state index contributed by atoms with van der Waals surface area (Å²) in [6.07, 6.45) is 3.52. The topological polar surface area (TPSA) is 53.0 Å². The highest BCUT2D eigenvalue weighted by atomic mass is 19.1. The maximum Gasteiger partial charge on any atom is 0.219 e. The number of aliphatic hydroxyl groups is 1. The van der Waals surface area contributed by atoms with E-state index in [0.717, 1.165) is 19.4 Å². The molecule has 6 heteroatoms. The van der Waals surface area contributed by atoms with Crippen molar-refractivity contribution in [2.75, 3.05) is 32.8 Å². The van der Waals surface area contributed by atoms with E-state index >= 15 is 0 Å². The zero-order chi connectivity index (χ0) is 18.0. The fourth-order valence-corrected chi connectivity index (χ4v) is 3.54. The van der Waals surface area contributed by atoms with Gasteiger partial charge in [-0.3, -0.25) is 9.69 Å². The monoisotopic (exact) mass is 350 g/mol. The number of aryl methyl sites for hydroxylation is 1. The Morgan fingerprint density at radius 1 is 1.36 bits per heavy atom. The molecule has 25 heavy (non-hydrogen) atoms. The van der Waals surface area contributed by atoms with E-state index < -0.39 is 5.60 Å². The van der Waals surface area contributed by atoms with Crippen LogP contribution in [0.1, 0.15) is 31.7 Å². The third kappa shape index (κ3) is 4.30. The van der Waals surface area contributed by atoms with E-state index in [0.29, 0.717) is 30.4 Å². The molecule has 1 aromatic carbocycles. The largest absolute Gasteiger partial charge is 0.490 e. The molecule has 0 unspecified atom stereocenters. The van der Waals surface area contributed by atoms with Crippen LogP contribution in [0, 0.1) is 12.7 Å². The Kier molecular flexibility index (Phi) is 5.29. The van der Waals surface area contributed by atoms with E-state index in [1.54, 1.807) is 24.0 Å². The highest BCUT2D eigenvalue weighted by Crippen LogP contribution is 2.28. The number of benzene rings is 1. The molecule has 5 nitrogen and oxygen atoms in total. The average molecular weight is 350 g/mol. The van der Waals surface area contributed by atoms with Gasteiger partial charge < -0.3 is 14.7 Å². The summed E-state index contributed by atoms with van der Waals surface area (Å²) in [5.41, 5.74) is -0.633. The summed E-state index contributed by atoms with van der Waals surface area (Å²) in [4.78, 5) is 15.8. The second-order valence-electron chi connectivity index (χ2n) is 7.42. The van der Waals surface area contributed by atoms with Gasteiger partial charge in [0.2, 0.25) is 5.91 Å². The number of nitrogens with zero attached hydrogens (tertiary/aromatic N) is 2. The SMILES string of the molecule is CC(=O)N1CCN(C2CCC2)C[C@](O)(COc2ccc(F)c(C)c2)C1. The van der Waals surface area contributed by atoms with Gasteiger partial charge in [-0.25, -0.2) is 4.39 Å². The van der Waals surface area contributed by atoms with Crippen LogP contribution in [0.5, 0.6) is 5.75 Å². The summed E-state index contributed by atoms with van der Waals surface area (Å²) >= 11 is 0. The van der Waals surface area contributed by atoms with Gasteiger partial charge in [0, 0.05) is 32.6 Å². The van der Waals surface area contributed by atoms with Gasteiger partial charge >= 0.3 is 0 Å². The van der Waals surface area contributed by atoms with Crippen molar-refractivity contribution in [2.45, 2.75) is 44.8 Å². The maximum absolute atomic E-state index is 13.4.